The first-order chi connectivity index (χ1) is 12.9. The predicted molar refractivity (Wildman–Crippen MR) is 100.0 cm³/mol. The van der Waals surface area contributed by atoms with Crippen LogP contribution in [-0.4, -0.2) is 62.6 Å². The Labute approximate surface area is 159 Å². The first-order valence-corrected chi connectivity index (χ1v) is 10.9. The predicted octanol–water partition coefficient (Wildman–Crippen LogP) is 2.13. The Hall–Kier alpha value is -1.28. The second kappa shape index (κ2) is 10.3. The molecule has 1 fully saturated rings. The number of carbonyl (C=O) groups excluding carboxylic acids is 1. The molecule has 3 atom stereocenters. The van der Waals surface area contributed by atoms with Crippen LogP contribution in [-0.2, 0) is 23.5 Å². The molecular weight excluding hydrogens is 373 g/mol. The molecule has 1 aliphatic heterocycles. The zero-order valence-electron chi connectivity index (χ0n) is 15.9. The van der Waals surface area contributed by atoms with Crippen molar-refractivity contribution in [3.05, 3.63) is 35.4 Å². The summed E-state index contributed by atoms with van der Waals surface area (Å²) in [5, 5.41) is 3.30. The van der Waals surface area contributed by atoms with E-state index in [9.17, 15) is 14.3 Å². The van der Waals surface area contributed by atoms with Gasteiger partial charge in [0.2, 0.25) is 6.03 Å². The molecule has 0 amide bonds. The van der Waals surface area contributed by atoms with Crippen LogP contribution >= 0.6 is 7.37 Å². The van der Waals surface area contributed by atoms with E-state index in [0.29, 0.717) is 18.7 Å². The van der Waals surface area contributed by atoms with Crippen LogP contribution in [0.3, 0.4) is 0 Å². The number of ether oxygens (including phenoxy) is 4. The third kappa shape index (κ3) is 6.10. The number of methoxy groups -OCH3 is 1. The molecule has 0 radical (unpaired) electrons. The molecule has 2 N–H and O–H groups in total. The molecule has 0 aliphatic carbocycles. The summed E-state index contributed by atoms with van der Waals surface area (Å²) in [4.78, 5) is 22.0. The van der Waals surface area contributed by atoms with Gasteiger partial charge in [-0.25, -0.2) is 4.79 Å². The highest BCUT2D eigenvalue weighted by molar-refractivity contribution is 7.58. The highest BCUT2D eigenvalue weighted by Crippen LogP contribution is 2.48. The van der Waals surface area contributed by atoms with Gasteiger partial charge in [-0.15, -0.1) is 0 Å². The Morgan fingerprint density at radius 2 is 2.07 bits per heavy atom. The van der Waals surface area contributed by atoms with Crippen LogP contribution in [0.15, 0.2) is 24.3 Å². The second-order valence-electron chi connectivity index (χ2n) is 6.19. The van der Waals surface area contributed by atoms with Crippen LogP contribution in [0.5, 0.6) is 0 Å². The van der Waals surface area contributed by atoms with E-state index < -0.39 is 25.5 Å². The van der Waals surface area contributed by atoms with Crippen LogP contribution in [0.25, 0.3) is 0 Å². The molecule has 1 unspecified atom stereocenters. The normalized spacial score (nSPS) is 22.4. The number of nitrogens with one attached hydrogen (secondary N) is 1. The number of hydrogen-bond donors (Lipinski definition) is 2. The average molecular weight is 401 g/mol. The number of carbonyl (C=O) groups is 1. The Balaban J connectivity index is 1.95. The molecule has 1 aromatic rings. The van der Waals surface area contributed by atoms with Crippen molar-refractivity contribution in [1.82, 2.24) is 5.32 Å². The van der Waals surface area contributed by atoms with E-state index in [1.54, 1.807) is 32.0 Å². The van der Waals surface area contributed by atoms with E-state index >= 15 is 0 Å². The lowest BCUT2D eigenvalue weighted by atomic mass is 10.0. The number of morpholine rings is 1. The summed E-state index contributed by atoms with van der Waals surface area (Å²) in [5.41, 5.74) is 1.36. The van der Waals surface area contributed by atoms with Gasteiger partial charge in [-0.05, 0) is 31.5 Å². The molecule has 2 rings (SSSR count). The van der Waals surface area contributed by atoms with Gasteiger partial charge in [0.05, 0.1) is 37.6 Å². The molecule has 1 saturated heterocycles. The highest BCUT2D eigenvalue weighted by Gasteiger charge is 2.37. The molecular formula is C18H28NO7P. The first-order valence-electron chi connectivity index (χ1n) is 8.99. The van der Waals surface area contributed by atoms with E-state index in [2.05, 4.69) is 5.32 Å². The van der Waals surface area contributed by atoms with Gasteiger partial charge in [0.15, 0.2) is 0 Å². The van der Waals surface area contributed by atoms with Gasteiger partial charge in [0, 0.05) is 19.8 Å². The fraction of sp³-hybridized carbons (Fsp3) is 0.611. The first kappa shape index (κ1) is 22.0. The molecule has 0 bridgehead atoms. The SMILES string of the molecule is CCOC(OCC)P(=O)(O)C[C@H]1CN[C@H](c2cccc(C(=O)OC)c2)CO1. The number of esters is 1. The molecule has 9 heteroatoms. The average Bonchev–Trinajstić information content (AvgIpc) is 2.67. The van der Waals surface area contributed by atoms with E-state index in [0.717, 1.165) is 5.56 Å². The molecule has 0 saturated carbocycles. The van der Waals surface area contributed by atoms with Crippen LogP contribution in [0.2, 0.25) is 0 Å². The number of rotatable bonds is 9. The molecule has 152 valence electrons. The summed E-state index contributed by atoms with van der Waals surface area (Å²) < 4.78 is 33.7. The maximum absolute atomic E-state index is 12.6. The minimum atomic E-state index is -3.69. The second-order valence-corrected chi connectivity index (χ2v) is 8.49. The van der Waals surface area contributed by atoms with Crippen molar-refractivity contribution in [3.8, 4) is 0 Å². The number of benzene rings is 1. The van der Waals surface area contributed by atoms with E-state index in [1.165, 1.54) is 7.11 Å². The van der Waals surface area contributed by atoms with Crippen LogP contribution in [0.1, 0.15) is 35.8 Å². The minimum Gasteiger partial charge on any atom is -0.465 e. The van der Waals surface area contributed by atoms with Crippen molar-refractivity contribution >= 4 is 13.3 Å². The van der Waals surface area contributed by atoms with Gasteiger partial charge in [0.25, 0.3) is 7.37 Å². The zero-order valence-corrected chi connectivity index (χ0v) is 16.8. The molecule has 1 aliphatic rings. The summed E-state index contributed by atoms with van der Waals surface area (Å²) in [6.07, 6.45) is -0.483. The van der Waals surface area contributed by atoms with Crippen molar-refractivity contribution in [3.63, 3.8) is 0 Å². The summed E-state index contributed by atoms with van der Waals surface area (Å²) >= 11 is 0. The Morgan fingerprint density at radius 1 is 1.37 bits per heavy atom. The maximum atomic E-state index is 12.6. The summed E-state index contributed by atoms with van der Waals surface area (Å²) in [6, 6.07) is 5.87. The molecule has 27 heavy (non-hydrogen) atoms. The minimum absolute atomic E-state index is 0.0560. The quantitative estimate of drug-likeness (QED) is 0.369. The van der Waals surface area contributed by atoms with Gasteiger partial charge < -0.3 is 29.2 Å². The summed E-state index contributed by atoms with van der Waals surface area (Å²) in [5.74, 6) is -0.398. The largest absolute Gasteiger partial charge is 0.465 e. The van der Waals surface area contributed by atoms with Gasteiger partial charge in [-0.2, -0.15) is 0 Å². The Kier molecular flexibility index (Phi) is 8.41. The van der Waals surface area contributed by atoms with Gasteiger partial charge >= 0.3 is 5.97 Å². The summed E-state index contributed by atoms with van der Waals surface area (Å²) in [7, 11) is -2.35. The van der Waals surface area contributed by atoms with E-state index in [1.807, 2.05) is 6.07 Å². The Morgan fingerprint density at radius 3 is 2.63 bits per heavy atom. The monoisotopic (exact) mass is 401 g/mol. The van der Waals surface area contributed by atoms with Gasteiger partial charge in [0.1, 0.15) is 0 Å². The smallest absolute Gasteiger partial charge is 0.337 e. The molecule has 8 nitrogen and oxygen atoms in total. The molecule has 0 spiro atoms. The molecule has 1 heterocycles. The lowest BCUT2D eigenvalue weighted by Gasteiger charge is -2.33. The number of hydrogen-bond acceptors (Lipinski definition) is 7. The maximum Gasteiger partial charge on any atom is 0.337 e. The fourth-order valence-corrected chi connectivity index (χ4v) is 4.65. The topological polar surface area (TPSA) is 103 Å². The van der Waals surface area contributed by atoms with Crippen molar-refractivity contribution < 1.29 is 33.2 Å². The van der Waals surface area contributed by atoms with Gasteiger partial charge in [-0.3, -0.25) is 4.57 Å². The lowest BCUT2D eigenvalue weighted by Crippen LogP contribution is -2.43. The van der Waals surface area contributed by atoms with Crippen LogP contribution in [0, 0.1) is 0 Å². The summed E-state index contributed by atoms with van der Waals surface area (Å²) in [6.45, 7) is 4.80. The zero-order chi connectivity index (χ0) is 19.9. The van der Waals surface area contributed by atoms with Gasteiger partial charge in [-0.1, -0.05) is 12.1 Å². The van der Waals surface area contributed by atoms with Crippen molar-refractivity contribution in [2.75, 3.05) is 39.6 Å². The fourth-order valence-electron chi connectivity index (χ4n) is 2.90. The van der Waals surface area contributed by atoms with Crippen LogP contribution < -0.4 is 5.32 Å². The lowest BCUT2D eigenvalue weighted by molar-refractivity contribution is -0.0884. The standard InChI is InChI=1S/C18H28NO7P/c1-4-24-18(25-5-2)27(21,22)12-15-10-19-16(11-26-15)13-7-6-8-14(9-13)17(20)23-3/h6-9,15-16,18-19H,4-5,10-12H2,1-3H3,(H,21,22)/t15-,16+/m1/s1. The highest BCUT2D eigenvalue weighted by atomic mass is 31.2. The van der Waals surface area contributed by atoms with Crippen molar-refractivity contribution in [2.24, 2.45) is 0 Å². The van der Waals surface area contributed by atoms with Crippen molar-refractivity contribution in [2.45, 2.75) is 32.0 Å². The third-order valence-electron chi connectivity index (χ3n) is 4.21. The van der Waals surface area contributed by atoms with Crippen molar-refractivity contribution in [1.29, 1.82) is 0 Å². The van der Waals surface area contributed by atoms with E-state index in [4.69, 9.17) is 18.9 Å². The Bertz CT molecular complexity index is 655. The third-order valence-corrected chi connectivity index (χ3v) is 6.10. The van der Waals surface area contributed by atoms with Crippen LogP contribution in [0.4, 0.5) is 0 Å². The van der Waals surface area contributed by atoms with E-state index in [-0.39, 0.29) is 25.4 Å². The molecule has 0 aromatic heterocycles. The molecule has 1 aromatic carbocycles.